The van der Waals surface area contributed by atoms with Crippen molar-refractivity contribution in [2.45, 2.75) is 30.3 Å². The molecule has 0 fully saturated rings. The van der Waals surface area contributed by atoms with Gasteiger partial charge >= 0.3 is 0 Å². The molecule has 144 valence electrons. The summed E-state index contributed by atoms with van der Waals surface area (Å²) in [5.41, 5.74) is 5.81. The number of benzene rings is 2. The molecule has 0 aliphatic carbocycles. The molecule has 28 heavy (non-hydrogen) atoms. The number of thioether (sulfide) groups is 1. The molecule has 1 aliphatic heterocycles. The molecule has 9 heteroatoms. The first-order chi connectivity index (χ1) is 13.4. The fourth-order valence-corrected chi connectivity index (χ4v) is 4.65. The zero-order valence-corrected chi connectivity index (χ0v) is 17.5. The number of aryl methyl sites for hydroxylation is 2. The van der Waals surface area contributed by atoms with Crippen molar-refractivity contribution in [2.75, 3.05) is 10.7 Å². The third-order valence-corrected chi connectivity index (χ3v) is 6.24. The number of carbonyl (C=O) groups is 1. The maximum atomic E-state index is 13.4. The highest BCUT2D eigenvalue weighted by atomic mass is 79.9. The topological polar surface area (TPSA) is 71.8 Å². The van der Waals surface area contributed by atoms with Crippen molar-refractivity contribution in [3.63, 3.8) is 0 Å². The van der Waals surface area contributed by atoms with E-state index in [1.165, 1.54) is 23.9 Å². The van der Waals surface area contributed by atoms with Crippen LogP contribution in [0.1, 0.15) is 23.0 Å². The van der Waals surface area contributed by atoms with Gasteiger partial charge in [0.25, 0.3) is 0 Å². The molecule has 2 aromatic carbocycles. The third-order valence-electron chi connectivity index (χ3n) is 4.53. The summed E-state index contributed by atoms with van der Waals surface area (Å²) < 4.78 is 16.1. The number of halogens is 2. The highest BCUT2D eigenvalue weighted by Crippen LogP contribution is 2.37. The van der Waals surface area contributed by atoms with Crippen LogP contribution in [0.5, 0.6) is 0 Å². The summed E-state index contributed by atoms with van der Waals surface area (Å²) in [7, 11) is 0. The van der Waals surface area contributed by atoms with Crippen molar-refractivity contribution >= 4 is 39.3 Å². The smallest absolute Gasteiger partial charge is 0.240 e. The Morgan fingerprint density at radius 1 is 1.21 bits per heavy atom. The van der Waals surface area contributed by atoms with Gasteiger partial charge in [-0.2, -0.15) is 0 Å². The standard InChI is InChI=1S/C19H17BrFN5OS/c1-10-9-13(20)5-8-15(10)22-18(27)17-16(12-3-6-14(21)7-4-12)25-26-11(2)23-24-19(26)28-17/h3-9,16-17,25H,1-2H3,(H,22,27). The van der Waals surface area contributed by atoms with Crippen LogP contribution >= 0.6 is 27.7 Å². The summed E-state index contributed by atoms with van der Waals surface area (Å²) in [6.07, 6.45) is 0. The van der Waals surface area contributed by atoms with Crippen LogP contribution in [0.25, 0.3) is 0 Å². The zero-order chi connectivity index (χ0) is 19.8. The van der Waals surface area contributed by atoms with E-state index in [2.05, 4.69) is 36.9 Å². The van der Waals surface area contributed by atoms with Gasteiger partial charge in [0.1, 0.15) is 16.9 Å². The lowest BCUT2D eigenvalue weighted by molar-refractivity contribution is -0.116. The molecule has 1 aliphatic rings. The van der Waals surface area contributed by atoms with Crippen LogP contribution in [0.15, 0.2) is 52.1 Å². The molecule has 3 aromatic rings. The molecular weight excluding hydrogens is 445 g/mol. The van der Waals surface area contributed by atoms with Gasteiger partial charge in [-0.3, -0.25) is 4.79 Å². The minimum absolute atomic E-state index is 0.163. The van der Waals surface area contributed by atoms with Gasteiger partial charge in [0, 0.05) is 10.2 Å². The first-order valence-corrected chi connectivity index (χ1v) is 10.3. The maximum Gasteiger partial charge on any atom is 0.240 e. The number of fused-ring (bicyclic) bond motifs is 1. The van der Waals surface area contributed by atoms with E-state index in [0.717, 1.165) is 21.3 Å². The zero-order valence-electron chi connectivity index (χ0n) is 15.1. The van der Waals surface area contributed by atoms with Crippen LogP contribution in [0.4, 0.5) is 10.1 Å². The number of nitrogens with zero attached hydrogens (tertiary/aromatic N) is 3. The fourth-order valence-electron chi connectivity index (χ4n) is 3.05. The van der Waals surface area contributed by atoms with E-state index < -0.39 is 5.25 Å². The van der Waals surface area contributed by atoms with E-state index in [0.29, 0.717) is 11.0 Å². The van der Waals surface area contributed by atoms with Crippen molar-refractivity contribution < 1.29 is 9.18 Å². The monoisotopic (exact) mass is 461 g/mol. The predicted molar refractivity (Wildman–Crippen MR) is 110 cm³/mol. The lowest BCUT2D eigenvalue weighted by Crippen LogP contribution is -2.41. The Kier molecular flexibility index (Phi) is 5.11. The Morgan fingerprint density at radius 3 is 2.68 bits per heavy atom. The molecule has 0 bridgehead atoms. The summed E-state index contributed by atoms with van der Waals surface area (Å²) >= 11 is 4.76. The molecule has 0 saturated carbocycles. The van der Waals surface area contributed by atoms with Gasteiger partial charge in [0.2, 0.25) is 11.1 Å². The number of rotatable bonds is 3. The summed E-state index contributed by atoms with van der Waals surface area (Å²) in [4.78, 5) is 13.2. The Morgan fingerprint density at radius 2 is 1.96 bits per heavy atom. The van der Waals surface area contributed by atoms with Crippen LogP contribution in [-0.2, 0) is 4.79 Å². The van der Waals surface area contributed by atoms with Crippen molar-refractivity contribution in [3.8, 4) is 0 Å². The summed E-state index contributed by atoms with van der Waals surface area (Å²) in [5, 5.41) is 11.3. The minimum atomic E-state index is -0.510. The summed E-state index contributed by atoms with van der Waals surface area (Å²) in [6.45, 7) is 3.77. The van der Waals surface area contributed by atoms with Crippen LogP contribution in [0, 0.1) is 19.7 Å². The maximum absolute atomic E-state index is 13.4. The van der Waals surface area contributed by atoms with Gasteiger partial charge < -0.3 is 10.7 Å². The van der Waals surface area contributed by atoms with Crippen molar-refractivity contribution in [1.29, 1.82) is 0 Å². The number of hydrogen-bond acceptors (Lipinski definition) is 5. The number of amides is 1. The van der Waals surface area contributed by atoms with E-state index in [-0.39, 0.29) is 17.8 Å². The second-order valence-corrected chi connectivity index (χ2v) is 8.53. The minimum Gasteiger partial charge on any atom is -0.325 e. The van der Waals surface area contributed by atoms with E-state index in [4.69, 9.17) is 0 Å². The second kappa shape index (κ2) is 7.56. The van der Waals surface area contributed by atoms with Gasteiger partial charge in [-0.05, 0) is 55.3 Å². The molecule has 6 nitrogen and oxygen atoms in total. The van der Waals surface area contributed by atoms with Gasteiger partial charge in [0.05, 0.1) is 6.04 Å². The molecule has 0 saturated heterocycles. The molecule has 0 radical (unpaired) electrons. The van der Waals surface area contributed by atoms with E-state index >= 15 is 0 Å². The van der Waals surface area contributed by atoms with E-state index in [1.807, 2.05) is 32.0 Å². The summed E-state index contributed by atoms with van der Waals surface area (Å²) in [5.74, 6) is 0.209. The van der Waals surface area contributed by atoms with Crippen molar-refractivity contribution in [2.24, 2.45) is 0 Å². The normalized spacial score (nSPS) is 18.3. The fraction of sp³-hybridized carbons (Fsp3) is 0.211. The Bertz CT molecular complexity index is 1040. The first kappa shape index (κ1) is 18.9. The Hall–Kier alpha value is -2.39. The molecule has 2 heterocycles. The van der Waals surface area contributed by atoms with Crippen LogP contribution in [0.3, 0.4) is 0 Å². The number of anilines is 1. The van der Waals surface area contributed by atoms with Crippen LogP contribution < -0.4 is 10.7 Å². The van der Waals surface area contributed by atoms with Gasteiger partial charge in [-0.15, -0.1) is 10.2 Å². The largest absolute Gasteiger partial charge is 0.325 e. The third kappa shape index (κ3) is 3.64. The molecular formula is C19H17BrFN5OS. The number of carbonyl (C=O) groups excluding carboxylic acids is 1. The molecule has 2 unspecified atom stereocenters. The lowest BCUT2D eigenvalue weighted by Gasteiger charge is -2.32. The lowest BCUT2D eigenvalue weighted by atomic mass is 10.0. The molecule has 2 atom stereocenters. The Labute approximate surface area is 174 Å². The highest BCUT2D eigenvalue weighted by molar-refractivity contribution is 9.10. The van der Waals surface area contributed by atoms with E-state index in [1.54, 1.807) is 16.8 Å². The predicted octanol–water partition coefficient (Wildman–Crippen LogP) is 4.19. The van der Waals surface area contributed by atoms with Crippen molar-refractivity contribution in [3.05, 3.63) is 69.7 Å². The average Bonchev–Trinajstić information content (AvgIpc) is 3.04. The van der Waals surface area contributed by atoms with Crippen molar-refractivity contribution in [1.82, 2.24) is 14.9 Å². The Balaban J connectivity index is 1.67. The molecule has 1 aromatic heterocycles. The van der Waals surface area contributed by atoms with Gasteiger partial charge in [-0.1, -0.05) is 39.8 Å². The van der Waals surface area contributed by atoms with Gasteiger partial charge in [-0.25, -0.2) is 9.07 Å². The highest BCUT2D eigenvalue weighted by Gasteiger charge is 2.37. The number of hydrogen-bond donors (Lipinski definition) is 2. The SMILES string of the molecule is Cc1cc(Br)ccc1NC(=O)C1Sc2nnc(C)n2NC1c1ccc(F)cc1. The molecule has 2 N–H and O–H groups in total. The average molecular weight is 462 g/mol. The second-order valence-electron chi connectivity index (χ2n) is 6.51. The van der Waals surface area contributed by atoms with Gasteiger partial charge in [0.15, 0.2) is 0 Å². The number of aromatic nitrogens is 3. The van der Waals surface area contributed by atoms with Crippen LogP contribution in [-0.4, -0.2) is 26.0 Å². The molecule has 1 amide bonds. The molecule has 4 rings (SSSR count). The quantitative estimate of drug-likeness (QED) is 0.611. The first-order valence-electron chi connectivity index (χ1n) is 8.60. The number of nitrogens with one attached hydrogen (secondary N) is 2. The molecule has 0 spiro atoms. The summed E-state index contributed by atoms with van der Waals surface area (Å²) in [6, 6.07) is 11.5. The van der Waals surface area contributed by atoms with Crippen LogP contribution in [0.2, 0.25) is 0 Å². The van der Waals surface area contributed by atoms with E-state index in [9.17, 15) is 9.18 Å².